The van der Waals surface area contributed by atoms with Gasteiger partial charge in [0.15, 0.2) is 0 Å². The van der Waals surface area contributed by atoms with E-state index in [0.29, 0.717) is 19.8 Å². The molecule has 0 aliphatic rings. The highest BCUT2D eigenvalue weighted by Gasteiger charge is 2.10. The van der Waals surface area contributed by atoms with Crippen molar-refractivity contribution < 1.29 is 19.1 Å². The van der Waals surface area contributed by atoms with Crippen molar-refractivity contribution in [3.8, 4) is 5.75 Å². The lowest BCUT2D eigenvalue weighted by molar-refractivity contribution is -0.144. The van der Waals surface area contributed by atoms with E-state index >= 15 is 0 Å². The van der Waals surface area contributed by atoms with Crippen LogP contribution in [0.4, 0.5) is 0 Å². The average Bonchev–Trinajstić information content (AvgIpc) is 2.44. The highest BCUT2D eigenvalue weighted by Crippen LogP contribution is 2.07. The summed E-state index contributed by atoms with van der Waals surface area (Å²) in [6.45, 7) is 3.15. The molecule has 0 aliphatic heterocycles. The number of para-hydroxylation sites is 1. The Hall–Kier alpha value is -2.08. The van der Waals surface area contributed by atoms with E-state index < -0.39 is 0 Å². The molecule has 1 rings (SSSR count). The second-order valence-corrected chi connectivity index (χ2v) is 4.49. The zero-order chi connectivity index (χ0) is 15.5. The molecule has 1 aromatic rings. The number of likely N-dealkylation sites (N-methyl/N-ethyl adjacent to an activating group) is 1. The molecular formula is C15H22N2O4. The van der Waals surface area contributed by atoms with Crippen LogP contribution in [0.3, 0.4) is 0 Å². The lowest BCUT2D eigenvalue weighted by Gasteiger charge is -2.15. The summed E-state index contributed by atoms with van der Waals surface area (Å²) >= 11 is 0. The van der Waals surface area contributed by atoms with E-state index in [1.807, 2.05) is 30.3 Å². The summed E-state index contributed by atoms with van der Waals surface area (Å²) in [5.74, 6) is 0.282. The normalized spacial score (nSPS) is 10.2. The number of carbonyl (C=O) groups excluding carboxylic acids is 2. The molecule has 1 N–H and O–H groups in total. The van der Waals surface area contributed by atoms with Gasteiger partial charge in [-0.25, -0.2) is 0 Å². The van der Waals surface area contributed by atoms with Gasteiger partial charge in [0.05, 0.1) is 26.2 Å². The fourth-order valence-electron chi connectivity index (χ4n) is 1.66. The van der Waals surface area contributed by atoms with E-state index in [1.165, 1.54) is 0 Å². The second kappa shape index (κ2) is 9.77. The first-order chi connectivity index (χ1) is 10.1. The average molecular weight is 294 g/mol. The summed E-state index contributed by atoms with van der Waals surface area (Å²) in [5.41, 5.74) is 0. The molecule has 0 aliphatic carbocycles. The number of hydrogen-bond acceptors (Lipinski definition) is 5. The zero-order valence-corrected chi connectivity index (χ0v) is 12.5. The van der Waals surface area contributed by atoms with Gasteiger partial charge in [-0.1, -0.05) is 18.2 Å². The van der Waals surface area contributed by atoms with Crippen molar-refractivity contribution in [1.82, 2.24) is 10.2 Å². The lowest BCUT2D eigenvalue weighted by Crippen LogP contribution is -2.39. The molecule has 1 aromatic carbocycles. The molecule has 6 heteroatoms. The number of carbonyl (C=O) groups is 2. The molecule has 0 radical (unpaired) electrons. The maximum atomic E-state index is 11.6. The predicted octanol–water partition coefficient (Wildman–Crippen LogP) is 0.677. The molecule has 116 valence electrons. The minimum absolute atomic E-state index is 0.0990. The Labute approximate surface area is 125 Å². The van der Waals surface area contributed by atoms with E-state index in [4.69, 9.17) is 9.47 Å². The number of esters is 1. The first-order valence-corrected chi connectivity index (χ1v) is 6.90. The fourth-order valence-corrected chi connectivity index (χ4v) is 1.66. The van der Waals surface area contributed by atoms with Crippen molar-refractivity contribution in [2.75, 3.05) is 39.9 Å². The van der Waals surface area contributed by atoms with Crippen molar-refractivity contribution >= 4 is 11.9 Å². The lowest BCUT2D eigenvalue weighted by atomic mass is 10.3. The molecule has 0 heterocycles. The molecule has 0 aromatic heterocycles. The summed E-state index contributed by atoms with van der Waals surface area (Å²) in [7, 11) is 1.69. The molecule has 1 amide bonds. The van der Waals surface area contributed by atoms with Crippen molar-refractivity contribution in [2.24, 2.45) is 0 Å². The van der Waals surface area contributed by atoms with Crippen LogP contribution in [0.2, 0.25) is 0 Å². The van der Waals surface area contributed by atoms with Gasteiger partial charge < -0.3 is 14.8 Å². The molecule has 0 saturated heterocycles. The van der Waals surface area contributed by atoms with Gasteiger partial charge in [-0.2, -0.15) is 0 Å². The molecule has 6 nitrogen and oxygen atoms in total. The molecule has 0 atom stereocenters. The minimum Gasteiger partial charge on any atom is -0.492 e. The van der Waals surface area contributed by atoms with Crippen molar-refractivity contribution in [3.05, 3.63) is 30.3 Å². The van der Waals surface area contributed by atoms with Crippen LogP contribution in [0, 0.1) is 0 Å². The van der Waals surface area contributed by atoms with Gasteiger partial charge in [-0.15, -0.1) is 0 Å². The van der Waals surface area contributed by atoms with Gasteiger partial charge in [0, 0.05) is 0 Å². The number of hydrogen-bond donors (Lipinski definition) is 1. The Morgan fingerprint density at radius 2 is 1.90 bits per heavy atom. The number of benzene rings is 1. The summed E-state index contributed by atoms with van der Waals surface area (Å²) in [6, 6.07) is 9.40. The summed E-state index contributed by atoms with van der Waals surface area (Å²) in [4.78, 5) is 24.5. The van der Waals surface area contributed by atoms with Crippen LogP contribution < -0.4 is 10.1 Å². The van der Waals surface area contributed by atoms with E-state index in [0.717, 1.165) is 5.75 Å². The fraction of sp³-hybridized carbons (Fsp3) is 0.467. The van der Waals surface area contributed by atoms with E-state index in [-0.39, 0.29) is 25.0 Å². The Morgan fingerprint density at radius 3 is 2.57 bits per heavy atom. The molecule has 21 heavy (non-hydrogen) atoms. The Morgan fingerprint density at radius 1 is 1.19 bits per heavy atom. The molecule has 0 fully saturated rings. The number of rotatable bonds is 9. The Bertz CT molecular complexity index is 437. The van der Waals surface area contributed by atoms with E-state index in [2.05, 4.69) is 5.32 Å². The zero-order valence-electron chi connectivity index (χ0n) is 12.5. The number of amides is 1. The van der Waals surface area contributed by atoms with Crippen LogP contribution in [0.1, 0.15) is 6.92 Å². The topological polar surface area (TPSA) is 67.9 Å². The summed E-state index contributed by atoms with van der Waals surface area (Å²) in [6.07, 6.45) is 0. The third-order valence-electron chi connectivity index (χ3n) is 2.55. The Balaban J connectivity index is 2.12. The number of nitrogens with zero attached hydrogens (tertiary/aromatic N) is 1. The largest absolute Gasteiger partial charge is 0.492 e. The van der Waals surface area contributed by atoms with Crippen LogP contribution in [0.5, 0.6) is 5.75 Å². The molecular weight excluding hydrogens is 272 g/mol. The van der Waals surface area contributed by atoms with Gasteiger partial charge in [0.25, 0.3) is 0 Å². The molecule has 0 spiro atoms. The van der Waals surface area contributed by atoms with Gasteiger partial charge in [-0.3, -0.25) is 14.5 Å². The van der Waals surface area contributed by atoms with Crippen LogP contribution in [0.25, 0.3) is 0 Å². The number of nitrogens with one attached hydrogen (secondary N) is 1. The standard InChI is InChI=1S/C15H22N2O4/c1-3-20-15(19)12-17(2)11-14(18)16-9-10-21-13-7-5-4-6-8-13/h4-8H,3,9-12H2,1-2H3,(H,16,18). The number of ether oxygens (including phenoxy) is 2. The highest BCUT2D eigenvalue weighted by atomic mass is 16.5. The summed E-state index contributed by atoms with van der Waals surface area (Å²) < 4.78 is 10.3. The van der Waals surface area contributed by atoms with Crippen molar-refractivity contribution in [1.29, 1.82) is 0 Å². The van der Waals surface area contributed by atoms with E-state index in [9.17, 15) is 9.59 Å². The smallest absolute Gasteiger partial charge is 0.320 e. The van der Waals surface area contributed by atoms with Gasteiger partial charge >= 0.3 is 5.97 Å². The van der Waals surface area contributed by atoms with Gasteiger partial charge in [0.1, 0.15) is 12.4 Å². The first-order valence-electron chi connectivity index (χ1n) is 6.90. The third kappa shape index (κ3) is 7.94. The quantitative estimate of drug-likeness (QED) is 0.536. The highest BCUT2D eigenvalue weighted by molar-refractivity contribution is 5.79. The SMILES string of the molecule is CCOC(=O)CN(C)CC(=O)NCCOc1ccccc1. The van der Waals surface area contributed by atoms with Crippen LogP contribution >= 0.6 is 0 Å². The molecule has 0 saturated carbocycles. The second-order valence-electron chi connectivity index (χ2n) is 4.49. The molecule has 0 unspecified atom stereocenters. The van der Waals surface area contributed by atoms with Crippen LogP contribution in [-0.4, -0.2) is 56.7 Å². The minimum atomic E-state index is -0.333. The maximum Gasteiger partial charge on any atom is 0.320 e. The van der Waals surface area contributed by atoms with Crippen LogP contribution in [0.15, 0.2) is 30.3 Å². The Kier molecular flexibility index (Phi) is 7.89. The maximum absolute atomic E-state index is 11.6. The summed E-state index contributed by atoms with van der Waals surface area (Å²) in [5, 5.41) is 2.73. The monoisotopic (exact) mass is 294 g/mol. The third-order valence-corrected chi connectivity index (χ3v) is 2.55. The first kappa shape index (κ1) is 17.0. The molecule has 0 bridgehead atoms. The van der Waals surface area contributed by atoms with Gasteiger partial charge in [-0.05, 0) is 26.1 Å². The van der Waals surface area contributed by atoms with Crippen LogP contribution in [-0.2, 0) is 14.3 Å². The van der Waals surface area contributed by atoms with Crippen molar-refractivity contribution in [3.63, 3.8) is 0 Å². The van der Waals surface area contributed by atoms with E-state index in [1.54, 1.807) is 18.9 Å². The predicted molar refractivity (Wildman–Crippen MR) is 79.1 cm³/mol. The van der Waals surface area contributed by atoms with Crippen molar-refractivity contribution in [2.45, 2.75) is 6.92 Å². The van der Waals surface area contributed by atoms with Gasteiger partial charge in [0.2, 0.25) is 5.91 Å².